The van der Waals surface area contributed by atoms with Gasteiger partial charge in [0.25, 0.3) is 0 Å². The Morgan fingerprint density at radius 1 is 1.30 bits per heavy atom. The van der Waals surface area contributed by atoms with E-state index in [2.05, 4.69) is 15.9 Å². The van der Waals surface area contributed by atoms with Crippen molar-refractivity contribution < 1.29 is 16.8 Å². The van der Waals surface area contributed by atoms with E-state index in [0.29, 0.717) is 10.2 Å². The summed E-state index contributed by atoms with van der Waals surface area (Å²) in [5, 5.41) is -0.995. The molecule has 0 amide bonds. The van der Waals surface area contributed by atoms with Crippen LogP contribution in [0.25, 0.3) is 0 Å². The van der Waals surface area contributed by atoms with Gasteiger partial charge in [-0.15, -0.1) is 0 Å². The van der Waals surface area contributed by atoms with Crippen LogP contribution >= 0.6 is 27.7 Å². The summed E-state index contributed by atoms with van der Waals surface area (Å²) in [7, 11) is -7.27. The van der Waals surface area contributed by atoms with Crippen LogP contribution in [0.15, 0.2) is 33.6 Å². The molecule has 1 saturated heterocycles. The number of halogens is 1. The Kier molecular flexibility index (Phi) is 4.85. The Balaban J connectivity index is 2.46. The van der Waals surface area contributed by atoms with E-state index in [-0.39, 0.29) is 17.2 Å². The minimum absolute atomic E-state index is 0.104. The maximum Gasteiger partial charge on any atom is 0.244 e. The van der Waals surface area contributed by atoms with Gasteiger partial charge >= 0.3 is 0 Å². The second-order valence-electron chi connectivity index (χ2n) is 4.43. The second-order valence-corrected chi connectivity index (χ2v) is 10.6. The van der Waals surface area contributed by atoms with Crippen LogP contribution in [0.3, 0.4) is 0 Å². The van der Waals surface area contributed by atoms with Crippen LogP contribution in [-0.4, -0.2) is 50.8 Å². The molecule has 1 atom stereocenters. The highest BCUT2D eigenvalue weighted by Gasteiger charge is 2.39. The first-order chi connectivity index (χ1) is 9.23. The first-order valence-electron chi connectivity index (χ1n) is 5.77. The molecule has 1 aliphatic heterocycles. The number of hydrogen-bond acceptors (Lipinski definition) is 5. The van der Waals surface area contributed by atoms with Gasteiger partial charge in [0, 0.05) is 28.8 Å². The van der Waals surface area contributed by atoms with Crippen LogP contribution in [0.1, 0.15) is 0 Å². The fraction of sp³-hybridized carbons (Fsp3) is 0.455. The molecule has 20 heavy (non-hydrogen) atoms. The van der Waals surface area contributed by atoms with Crippen molar-refractivity contribution in [3.05, 3.63) is 28.7 Å². The largest absolute Gasteiger partial charge is 0.244 e. The Hall–Kier alpha value is -0.0900. The molecule has 112 valence electrons. The lowest BCUT2D eigenvalue weighted by atomic mass is 10.4. The van der Waals surface area contributed by atoms with Gasteiger partial charge in [-0.1, -0.05) is 22.0 Å². The maximum absolute atomic E-state index is 12.6. The van der Waals surface area contributed by atoms with Crippen molar-refractivity contribution in [2.24, 2.45) is 0 Å². The summed E-state index contributed by atoms with van der Waals surface area (Å²) in [6, 6.07) is 6.29. The molecular formula is C11H14BrNO4S3. The van der Waals surface area contributed by atoms with E-state index in [1.54, 1.807) is 12.1 Å². The third kappa shape index (κ3) is 3.38. The Labute approximate surface area is 131 Å². The van der Waals surface area contributed by atoms with E-state index in [4.69, 9.17) is 0 Å². The first-order valence-corrected chi connectivity index (χ1v) is 11.1. The van der Waals surface area contributed by atoms with Gasteiger partial charge < -0.3 is 0 Å². The predicted molar refractivity (Wildman–Crippen MR) is 84.0 cm³/mol. The van der Waals surface area contributed by atoms with Crippen molar-refractivity contribution in [1.82, 2.24) is 4.31 Å². The Bertz CT molecular complexity index is 702. The highest BCUT2D eigenvalue weighted by molar-refractivity contribution is 9.10. The molecule has 1 aliphatic rings. The van der Waals surface area contributed by atoms with Crippen LogP contribution in [-0.2, 0) is 19.9 Å². The molecule has 0 bridgehead atoms. The van der Waals surface area contributed by atoms with Crippen molar-refractivity contribution in [3.8, 4) is 0 Å². The molecule has 9 heteroatoms. The van der Waals surface area contributed by atoms with E-state index < -0.39 is 25.2 Å². The zero-order valence-corrected chi connectivity index (χ0v) is 14.7. The van der Waals surface area contributed by atoms with Crippen LogP contribution < -0.4 is 0 Å². The van der Waals surface area contributed by atoms with Gasteiger partial charge in [-0.05, 0) is 18.2 Å². The molecule has 0 N–H and O–H groups in total. The zero-order valence-electron chi connectivity index (χ0n) is 10.7. The number of sulfone groups is 1. The smallest absolute Gasteiger partial charge is 0.227 e. The molecule has 0 aromatic heterocycles. The average Bonchev–Trinajstić information content (AvgIpc) is 2.38. The highest BCUT2D eigenvalue weighted by atomic mass is 79.9. The van der Waals surface area contributed by atoms with Crippen LogP contribution in [0.5, 0.6) is 0 Å². The van der Waals surface area contributed by atoms with Crippen molar-refractivity contribution in [2.45, 2.75) is 10.3 Å². The molecule has 2 rings (SSSR count). The lowest BCUT2D eigenvalue weighted by Crippen LogP contribution is -2.49. The van der Waals surface area contributed by atoms with Gasteiger partial charge in [0.15, 0.2) is 9.84 Å². The van der Waals surface area contributed by atoms with Gasteiger partial charge in [-0.3, -0.25) is 0 Å². The molecular weight excluding hydrogens is 386 g/mol. The quantitative estimate of drug-likeness (QED) is 0.770. The van der Waals surface area contributed by atoms with E-state index in [1.807, 2.05) is 0 Å². The Morgan fingerprint density at radius 2 is 2.00 bits per heavy atom. The number of sulfonamides is 1. The molecule has 0 saturated carbocycles. The minimum Gasteiger partial charge on any atom is -0.227 e. The van der Waals surface area contributed by atoms with Crippen molar-refractivity contribution in [3.63, 3.8) is 0 Å². The number of benzene rings is 1. The number of thioether (sulfide) groups is 1. The lowest BCUT2D eigenvalue weighted by Gasteiger charge is -2.32. The summed E-state index contributed by atoms with van der Waals surface area (Å²) in [5.41, 5.74) is 0. The van der Waals surface area contributed by atoms with Gasteiger partial charge in [0.1, 0.15) is 5.37 Å². The second kappa shape index (κ2) is 5.96. The molecule has 1 aromatic carbocycles. The van der Waals surface area contributed by atoms with Crippen LogP contribution in [0.4, 0.5) is 0 Å². The van der Waals surface area contributed by atoms with Crippen molar-refractivity contribution in [1.29, 1.82) is 0 Å². The Morgan fingerprint density at radius 3 is 2.60 bits per heavy atom. The van der Waals surface area contributed by atoms with Gasteiger partial charge in [0.05, 0.1) is 4.90 Å². The summed E-state index contributed by atoms with van der Waals surface area (Å²) in [6.45, 7) is 0.206. The summed E-state index contributed by atoms with van der Waals surface area (Å²) in [6.07, 6.45) is 1.08. The maximum atomic E-state index is 12.6. The molecule has 1 fully saturated rings. The van der Waals surface area contributed by atoms with Crippen LogP contribution in [0.2, 0.25) is 0 Å². The van der Waals surface area contributed by atoms with Gasteiger partial charge in [-0.25, -0.2) is 16.8 Å². The molecule has 0 spiro atoms. The van der Waals surface area contributed by atoms with Crippen molar-refractivity contribution >= 4 is 47.6 Å². The average molecular weight is 400 g/mol. The van der Waals surface area contributed by atoms with Crippen molar-refractivity contribution in [2.75, 3.05) is 24.3 Å². The number of rotatable bonds is 3. The molecule has 0 aliphatic carbocycles. The minimum atomic E-state index is -3.81. The monoisotopic (exact) mass is 399 g/mol. The van der Waals surface area contributed by atoms with Gasteiger partial charge in [-0.2, -0.15) is 16.1 Å². The summed E-state index contributed by atoms with van der Waals surface area (Å²) in [4.78, 5) is 0.104. The summed E-state index contributed by atoms with van der Waals surface area (Å²) in [5.74, 6) is 0.866. The summed E-state index contributed by atoms with van der Waals surface area (Å²) >= 11 is 4.68. The highest BCUT2D eigenvalue weighted by Crippen LogP contribution is 2.28. The molecule has 1 aromatic rings. The van der Waals surface area contributed by atoms with E-state index in [9.17, 15) is 16.8 Å². The topological polar surface area (TPSA) is 71.5 Å². The first kappa shape index (κ1) is 16.3. The molecule has 5 nitrogen and oxygen atoms in total. The molecule has 0 radical (unpaired) electrons. The van der Waals surface area contributed by atoms with Crippen LogP contribution in [0, 0.1) is 0 Å². The zero-order chi connectivity index (χ0) is 15.0. The fourth-order valence-electron chi connectivity index (χ4n) is 1.94. The SMILES string of the molecule is CS(=O)(=O)C1CSCCN1S(=O)(=O)c1cccc(Br)c1. The van der Waals surface area contributed by atoms with E-state index >= 15 is 0 Å². The van der Waals surface area contributed by atoms with E-state index in [1.165, 1.54) is 23.9 Å². The van der Waals surface area contributed by atoms with E-state index in [0.717, 1.165) is 10.6 Å². The van der Waals surface area contributed by atoms with Gasteiger partial charge in [0.2, 0.25) is 10.0 Å². The normalized spacial score (nSPS) is 21.8. The predicted octanol–water partition coefficient (Wildman–Crippen LogP) is 1.56. The third-order valence-corrected chi connectivity index (χ3v) is 8.11. The number of hydrogen-bond donors (Lipinski definition) is 0. The molecule has 1 heterocycles. The standard InChI is InChI=1S/C11H14BrNO4S3/c1-19(14,15)11-8-18-6-5-13(11)20(16,17)10-4-2-3-9(12)7-10/h2-4,7,11H,5-6,8H2,1H3. The molecule has 1 unspecified atom stereocenters. The summed E-state index contributed by atoms with van der Waals surface area (Å²) < 4.78 is 50.6. The number of nitrogens with zero attached hydrogens (tertiary/aromatic N) is 1. The lowest BCUT2D eigenvalue weighted by molar-refractivity contribution is 0.405. The fourth-order valence-corrected chi connectivity index (χ4v) is 7.71. The third-order valence-electron chi connectivity index (χ3n) is 2.93.